The van der Waals surface area contributed by atoms with Gasteiger partial charge < -0.3 is 10.4 Å². The predicted octanol–water partition coefficient (Wildman–Crippen LogP) is 0.907. The maximum Gasteiger partial charge on any atom is 0.365 e. The van der Waals surface area contributed by atoms with Crippen LogP contribution in [0, 0.1) is 0 Å². The van der Waals surface area contributed by atoms with Gasteiger partial charge in [0.2, 0.25) is 5.01 Å². The fourth-order valence-corrected chi connectivity index (χ4v) is 2.22. The molecule has 0 aliphatic heterocycles. The summed E-state index contributed by atoms with van der Waals surface area (Å²) in [6.45, 7) is 1.39. The van der Waals surface area contributed by atoms with E-state index in [0.717, 1.165) is 35.7 Å². The Morgan fingerprint density at radius 2 is 2.44 bits per heavy atom. The van der Waals surface area contributed by atoms with E-state index in [1.165, 1.54) is 0 Å². The van der Waals surface area contributed by atoms with Gasteiger partial charge in [0.15, 0.2) is 0 Å². The fourth-order valence-electron chi connectivity index (χ4n) is 1.57. The first-order valence-corrected chi connectivity index (χ1v) is 6.40. The van der Waals surface area contributed by atoms with Gasteiger partial charge in [0.1, 0.15) is 0 Å². The summed E-state index contributed by atoms with van der Waals surface area (Å²) in [4.78, 5) is 14.7. The first-order valence-electron chi connectivity index (χ1n) is 5.52. The number of nitrogens with one attached hydrogen (secondary N) is 1. The molecule has 0 unspecified atom stereocenters. The van der Waals surface area contributed by atoms with E-state index in [1.807, 2.05) is 17.8 Å². The molecule has 0 saturated heterocycles. The number of aromatic carboxylic acids is 1. The lowest BCUT2D eigenvalue weighted by Crippen LogP contribution is -2.18. The highest BCUT2D eigenvalue weighted by Crippen LogP contribution is 2.09. The number of hydrogen-bond donors (Lipinski definition) is 2. The molecule has 0 spiro atoms. The number of carboxylic acid groups (broad SMARTS) is 1. The summed E-state index contributed by atoms with van der Waals surface area (Å²) < 4.78 is 1.84. The molecule has 0 aliphatic carbocycles. The fraction of sp³-hybridized carbons (Fsp3) is 0.364. The van der Waals surface area contributed by atoms with Crippen molar-refractivity contribution in [2.24, 2.45) is 7.05 Å². The number of aryl methyl sites for hydroxylation is 1. The first-order chi connectivity index (χ1) is 8.66. The summed E-state index contributed by atoms with van der Waals surface area (Å²) in [5.74, 6) is -0.971. The van der Waals surface area contributed by atoms with E-state index in [9.17, 15) is 4.79 Å². The van der Waals surface area contributed by atoms with Crippen LogP contribution in [0.15, 0.2) is 17.6 Å². The zero-order valence-corrected chi connectivity index (χ0v) is 10.8. The standard InChI is InChI=1S/C11H14N4O2S/c1-15-9(3-5-13-15)2-4-12-6-8-7-18-10(14-8)11(16)17/h3,5,7,12H,2,4,6H2,1H3,(H,16,17). The van der Waals surface area contributed by atoms with Gasteiger partial charge in [-0.3, -0.25) is 4.68 Å². The predicted molar refractivity (Wildman–Crippen MR) is 67.7 cm³/mol. The summed E-state index contributed by atoms with van der Waals surface area (Å²) in [6, 6.07) is 1.98. The van der Waals surface area contributed by atoms with Crippen LogP contribution in [0.4, 0.5) is 0 Å². The van der Waals surface area contributed by atoms with E-state index in [1.54, 1.807) is 11.6 Å². The molecule has 0 aromatic carbocycles. The molecule has 2 rings (SSSR count). The minimum absolute atomic E-state index is 0.137. The number of carboxylic acids is 1. The molecule has 0 fully saturated rings. The molecule has 0 bridgehead atoms. The Morgan fingerprint density at radius 1 is 1.61 bits per heavy atom. The minimum atomic E-state index is -0.971. The molecule has 2 heterocycles. The lowest BCUT2D eigenvalue weighted by molar-refractivity contribution is 0.0696. The first kappa shape index (κ1) is 12.7. The molecule has 0 atom stereocenters. The summed E-state index contributed by atoms with van der Waals surface area (Å²) in [5, 5.41) is 18.0. The van der Waals surface area contributed by atoms with E-state index in [0.29, 0.717) is 6.54 Å². The molecular formula is C11H14N4O2S. The van der Waals surface area contributed by atoms with Crippen LogP contribution in [0.25, 0.3) is 0 Å². The van der Waals surface area contributed by atoms with Gasteiger partial charge in [0.25, 0.3) is 0 Å². The van der Waals surface area contributed by atoms with Crippen LogP contribution < -0.4 is 5.32 Å². The largest absolute Gasteiger partial charge is 0.476 e. The number of hydrogen-bond acceptors (Lipinski definition) is 5. The van der Waals surface area contributed by atoms with Crippen LogP contribution in [-0.2, 0) is 20.0 Å². The normalized spacial score (nSPS) is 10.7. The average Bonchev–Trinajstić information content (AvgIpc) is 2.94. The van der Waals surface area contributed by atoms with Gasteiger partial charge in [-0.2, -0.15) is 5.10 Å². The van der Waals surface area contributed by atoms with E-state index >= 15 is 0 Å². The molecule has 96 valence electrons. The van der Waals surface area contributed by atoms with Crippen LogP contribution in [0.1, 0.15) is 21.2 Å². The Bertz CT molecular complexity index is 535. The van der Waals surface area contributed by atoms with Crippen molar-refractivity contribution in [3.8, 4) is 0 Å². The number of rotatable bonds is 6. The Kier molecular flexibility index (Phi) is 4.06. The summed E-state index contributed by atoms with van der Waals surface area (Å²) in [6.07, 6.45) is 2.65. The lowest BCUT2D eigenvalue weighted by Gasteiger charge is -2.03. The molecule has 0 amide bonds. The van der Waals surface area contributed by atoms with Crippen LogP contribution in [0.3, 0.4) is 0 Å². The monoisotopic (exact) mass is 266 g/mol. The number of thiazole rings is 1. The summed E-state index contributed by atoms with van der Waals surface area (Å²) in [7, 11) is 1.91. The topological polar surface area (TPSA) is 80.0 Å². The number of nitrogens with zero attached hydrogens (tertiary/aromatic N) is 3. The van der Waals surface area contributed by atoms with Gasteiger partial charge >= 0.3 is 5.97 Å². The third-order valence-corrected chi connectivity index (χ3v) is 3.40. The zero-order valence-electron chi connectivity index (χ0n) is 9.96. The summed E-state index contributed by atoms with van der Waals surface area (Å²) >= 11 is 1.15. The van der Waals surface area contributed by atoms with Crippen molar-refractivity contribution in [3.63, 3.8) is 0 Å². The second-order valence-electron chi connectivity index (χ2n) is 3.82. The molecular weight excluding hydrogens is 252 g/mol. The van der Waals surface area contributed by atoms with Crippen molar-refractivity contribution in [2.75, 3.05) is 6.54 Å². The van der Waals surface area contributed by atoms with Crippen LogP contribution in [0.5, 0.6) is 0 Å². The van der Waals surface area contributed by atoms with E-state index in [4.69, 9.17) is 5.11 Å². The SMILES string of the molecule is Cn1nccc1CCNCc1csc(C(=O)O)n1. The summed E-state index contributed by atoms with van der Waals surface area (Å²) in [5.41, 5.74) is 1.93. The Hall–Kier alpha value is -1.73. The Balaban J connectivity index is 1.75. The van der Waals surface area contributed by atoms with Crippen LogP contribution in [-0.4, -0.2) is 32.4 Å². The van der Waals surface area contributed by atoms with Gasteiger partial charge in [-0.15, -0.1) is 11.3 Å². The van der Waals surface area contributed by atoms with E-state index < -0.39 is 5.97 Å². The van der Waals surface area contributed by atoms with Crippen LogP contribution >= 0.6 is 11.3 Å². The third kappa shape index (κ3) is 3.14. The molecule has 0 saturated carbocycles. The van der Waals surface area contributed by atoms with Crippen molar-refractivity contribution in [2.45, 2.75) is 13.0 Å². The van der Waals surface area contributed by atoms with Crippen molar-refractivity contribution in [1.82, 2.24) is 20.1 Å². The maximum absolute atomic E-state index is 10.7. The maximum atomic E-state index is 10.7. The average molecular weight is 266 g/mol. The van der Waals surface area contributed by atoms with Crippen molar-refractivity contribution in [1.29, 1.82) is 0 Å². The highest BCUT2D eigenvalue weighted by Gasteiger charge is 2.08. The molecule has 7 heteroatoms. The second kappa shape index (κ2) is 5.74. The number of carbonyl (C=O) groups is 1. The second-order valence-corrected chi connectivity index (χ2v) is 4.68. The smallest absolute Gasteiger partial charge is 0.365 e. The highest BCUT2D eigenvalue weighted by atomic mass is 32.1. The van der Waals surface area contributed by atoms with Crippen LogP contribution in [0.2, 0.25) is 0 Å². The molecule has 2 aromatic rings. The van der Waals surface area contributed by atoms with E-state index in [2.05, 4.69) is 15.4 Å². The molecule has 2 N–H and O–H groups in total. The third-order valence-electron chi connectivity index (χ3n) is 2.52. The van der Waals surface area contributed by atoms with Gasteiger partial charge in [-0.1, -0.05) is 0 Å². The Morgan fingerprint density at radius 3 is 3.06 bits per heavy atom. The van der Waals surface area contributed by atoms with Crippen molar-refractivity contribution in [3.05, 3.63) is 34.0 Å². The molecule has 18 heavy (non-hydrogen) atoms. The van der Waals surface area contributed by atoms with Crippen molar-refractivity contribution >= 4 is 17.3 Å². The molecule has 2 aromatic heterocycles. The van der Waals surface area contributed by atoms with Crippen molar-refractivity contribution < 1.29 is 9.90 Å². The minimum Gasteiger partial charge on any atom is -0.476 e. The number of aromatic nitrogens is 3. The zero-order chi connectivity index (χ0) is 13.0. The molecule has 6 nitrogen and oxygen atoms in total. The Labute approximate surface area is 108 Å². The van der Waals surface area contributed by atoms with Gasteiger partial charge in [0, 0.05) is 43.8 Å². The van der Waals surface area contributed by atoms with Gasteiger partial charge in [-0.25, -0.2) is 9.78 Å². The molecule has 0 radical (unpaired) electrons. The highest BCUT2D eigenvalue weighted by molar-refractivity contribution is 7.11. The van der Waals surface area contributed by atoms with Gasteiger partial charge in [0.05, 0.1) is 5.69 Å². The van der Waals surface area contributed by atoms with E-state index in [-0.39, 0.29) is 5.01 Å². The molecule has 0 aliphatic rings. The van der Waals surface area contributed by atoms with Gasteiger partial charge in [-0.05, 0) is 6.07 Å². The lowest BCUT2D eigenvalue weighted by atomic mass is 10.3. The quantitative estimate of drug-likeness (QED) is 0.760.